The lowest BCUT2D eigenvalue weighted by Gasteiger charge is -2.22. The first-order valence-corrected chi connectivity index (χ1v) is 4.56. The van der Waals surface area contributed by atoms with Gasteiger partial charge in [-0.3, -0.25) is 4.79 Å². The average molecular weight is 168 g/mol. The Labute approximate surface area is 73.3 Å². The molecule has 0 amide bonds. The smallest absolute Gasteiger partial charge is 0.313 e. The lowest BCUT2D eigenvalue weighted by Crippen LogP contribution is -2.25. The van der Waals surface area contributed by atoms with E-state index in [1.807, 2.05) is 12.2 Å². The minimum absolute atomic E-state index is 0.611. The number of carboxylic acids is 1. The van der Waals surface area contributed by atoms with Crippen molar-refractivity contribution in [2.24, 2.45) is 5.41 Å². The monoisotopic (exact) mass is 168 g/mol. The second kappa shape index (κ2) is 3.74. The fraction of sp³-hybridized carbons (Fsp3) is 0.700. The number of allylic oxidation sites excluding steroid dienone is 1. The summed E-state index contributed by atoms with van der Waals surface area (Å²) in [7, 11) is 0. The van der Waals surface area contributed by atoms with Crippen molar-refractivity contribution in [2.45, 2.75) is 39.0 Å². The van der Waals surface area contributed by atoms with Crippen LogP contribution in [0.3, 0.4) is 0 Å². The van der Waals surface area contributed by atoms with Crippen LogP contribution in [0.4, 0.5) is 0 Å². The number of aliphatic carboxylic acids is 1. The van der Waals surface area contributed by atoms with E-state index in [9.17, 15) is 4.79 Å². The number of hydrogen-bond acceptors (Lipinski definition) is 1. The third kappa shape index (κ3) is 2.10. The highest BCUT2D eigenvalue weighted by Gasteiger charge is 2.29. The second-order valence-corrected chi connectivity index (χ2v) is 3.72. The fourth-order valence-electron chi connectivity index (χ4n) is 1.54. The Morgan fingerprint density at radius 1 is 1.42 bits per heavy atom. The highest BCUT2D eigenvalue weighted by Crippen LogP contribution is 2.29. The topological polar surface area (TPSA) is 37.3 Å². The number of carbonyl (C=O) groups is 1. The van der Waals surface area contributed by atoms with Gasteiger partial charge < -0.3 is 5.11 Å². The van der Waals surface area contributed by atoms with E-state index in [-0.39, 0.29) is 0 Å². The van der Waals surface area contributed by atoms with Crippen LogP contribution in [0, 0.1) is 5.41 Å². The summed E-state index contributed by atoms with van der Waals surface area (Å²) in [6, 6.07) is 0. The van der Waals surface area contributed by atoms with Crippen molar-refractivity contribution in [1.29, 1.82) is 0 Å². The van der Waals surface area contributed by atoms with E-state index >= 15 is 0 Å². The van der Waals surface area contributed by atoms with Gasteiger partial charge in [-0.2, -0.15) is 0 Å². The number of carboxylic acid groups (broad SMARTS) is 1. The van der Waals surface area contributed by atoms with E-state index in [4.69, 9.17) is 5.11 Å². The molecule has 0 aromatic carbocycles. The van der Waals surface area contributed by atoms with Gasteiger partial charge in [-0.15, -0.1) is 0 Å². The summed E-state index contributed by atoms with van der Waals surface area (Å²) >= 11 is 0. The molecule has 1 unspecified atom stereocenters. The summed E-state index contributed by atoms with van der Waals surface area (Å²) < 4.78 is 0. The Morgan fingerprint density at radius 2 is 2.17 bits per heavy atom. The van der Waals surface area contributed by atoms with Crippen LogP contribution in [0.25, 0.3) is 0 Å². The van der Waals surface area contributed by atoms with Crippen molar-refractivity contribution in [1.82, 2.24) is 0 Å². The van der Waals surface area contributed by atoms with Crippen molar-refractivity contribution < 1.29 is 9.90 Å². The standard InChI is InChI=1S/C10H16O2/c1-10(9(11)12)7-5-3-2-4-6-8-10/h5,7H,2-4,6,8H2,1H3,(H,11,12)/b7-5-. The molecule has 12 heavy (non-hydrogen) atoms. The molecule has 0 radical (unpaired) electrons. The van der Waals surface area contributed by atoms with Crippen LogP contribution in [0.15, 0.2) is 12.2 Å². The van der Waals surface area contributed by atoms with E-state index in [1.54, 1.807) is 6.92 Å². The molecular formula is C10H16O2. The zero-order valence-electron chi connectivity index (χ0n) is 7.55. The van der Waals surface area contributed by atoms with Crippen LogP contribution in [0.5, 0.6) is 0 Å². The van der Waals surface area contributed by atoms with Crippen LogP contribution in [0.1, 0.15) is 39.0 Å². The highest BCUT2D eigenvalue weighted by molar-refractivity contribution is 5.76. The van der Waals surface area contributed by atoms with Gasteiger partial charge in [-0.05, 0) is 26.2 Å². The molecule has 0 saturated carbocycles. The van der Waals surface area contributed by atoms with Gasteiger partial charge >= 0.3 is 5.97 Å². The predicted molar refractivity (Wildman–Crippen MR) is 48.0 cm³/mol. The molecule has 0 aliphatic heterocycles. The highest BCUT2D eigenvalue weighted by atomic mass is 16.4. The largest absolute Gasteiger partial charge is 0.481 e. The van der Waals surface area contributed by atoms with Gasteiger partial charge in [-0.1, -0.05) is 25.0 Å². The van der Waals surface area contributed by atoms with Gasteiger partial charge in [0.15, 0.2) is 0 Å². The molecule has 0 aromatic heterocycles. The number of hydrogen-bond donors (Lipinski definition) is 1. The lowest BCUT2D eigenvalue weighted by atomic mass is 9.82. The minimum atomic E-state index is -0.694. The van der Waals surface area contributed by atoms with E-state index < -0.39 is 11.4 Å². The first-order chi connectivity index (χ1) is 5.65. The van der Waals surface area contributed by atoms with Gasteiger partial charge in [0.05, 0.1) is 5.41 Å². The third-order valence-corrected chi connectivity index (χ3v) is 2.54. The molecular weight excluding hydrogens is 152 g/mol. The summed E-state index contributed by atoms with van der Waals surface area (Å²) in [6.07, 6.45) is 9.07. The summed E-state index contributed by atoms with van der Waals surface area (Å²) in [4.78, 5) is 10.9. The minimum Gasteiger partial charge on any atom is -0.481 e. The zero-order chi connectivity index (χ0) is 9.03. The summed E-state index contributed by atoms with van der Waals surface area (Å²) in [5, 5.41) is 8.96. The Morgan fingerprint density at radius 3 is 2.83 bits per heavy atom. The molecule has 1 N–H and O–H groups in total. The molecule has 2 heteroatoms. The summed E-state index contributed by atoms with van der Waals surface area (Å²) in [5.41, 5.74) is -0.611. The van der Waals surface area contributed by atoms with E-state index in [1.165, 1.54) is 6.42 Å². The van der Waals surface area contributed by atoms with Gasteiger partial charge in [0.25, 0.3) is 0 Å². The van der Waals surface area contributed by atoms with Gasteiger partial charge in [-0.25, -0.2) is 0 Å². The van der Waals surface area contributed by atoms with Crippen LogP contribution in [-0.4, -0.2) is 11.1 Å². The van der Waals surface area contributed by atoms with Crippen LogP contribution >= 0.6 is 0 Å². The predicted octanol–water partition coefficient (Wildman–Crippen LogP) is 2.60. The first-order valence-electron chi connectivity index (χ1n) is 4.56. The molecule has 0 fully saturated rings. The van der Waals surface area contributed by atoms with E-state index in [0.717, 1.165) is 25.7 Å². The third-order valence-electron chi connectivity index (χ3n) is 2.54. The Kier molecular flexibility index (Phi) is 2.90. The summed E-state index contributed by atoms with van der Waals surface area (Å²) in [6.45, 7) is 1.80. The summed E-state index contributed by atoms with van der Waals surface area (Å²) in [5.74, 6) is -0.694. The molecule has 0 heterocycles. The molecule has 1 atom stereocenters. The van der Waals surface area contributed by atoms with Crippen molar-refractivity contribution in [3.63, 3.8) is 0 Å². The fourth-order valence-corrected chi connectivity index (χ4v) is 1.54. The second-order valence-electron chi connectivity index (χ2n) is 3.72. The molecule has 68 valence electrons. The Bertz CT molecular complexity index is 196. The lowest BCUT2D eigenvalue weighted by molar-refractivity contribution is -0.145. The maximum Gasteiger partial charge on any atom is 0.313 e. The van der Waals surface area contributed by atoms with Gasteiger partial charge in [0.1, 0.15) is 0 Å². The average Bonchev–Trinajstić information content (AvgIpc) is 1.97. The normalized spacial score (nSPS) is 33.4. The van der Waals surface area contributed by atoms with Crippen molar-refractivity contribution in [2.75, 3.05) is 0 Å². The van der Waals surface area contributed by atoms with Crippen molar-refractivity contribution in [3.8, 4) is 0 Å². The SMILES string of the molecule is CC1(C(=O)O)/C=C\CCCCC1. The van der Waals surface area contributed by atoms with Crippen molar-refractivity contribution in [3.05, 3.63) is 12.2 Å². The van der Waals surface area contributed by atoms with Crippen LogP contribution < -0.4 is 0 Å². The molecule has 0 aromatic rings. The van der Waals surface area contributed by atoms with Gasteiger partial charge in [0.2, 0.25) is 0 Å². The molecule has 0 bridgehead atoms. The maximum atomic E-state index is 10.9. The Balaban J connectivity index is 2.71. The Hall–Kier alpha value is -0.790. The maximum absolute atomic E-state index is 10.9. The zero-order valence-corrected chi connectivity index (χ0v) is 7.55. The van der Waals surface area contributed by atoms with Crippen molar-refractivity contribution >= 4 is 5.97 Å². The quantitative estimate of drug-likeness (QED) is 0.611. The molecule has 1 aliphatic carbocycles. The van der Waals surface area contributed by atoms with Crippen LogP contribution in [-0.2, 0) is 4.79 Å². The molecule has 0 spiro atoms. The molecule has 1 rings (SSSR count). The van der Waals surface area contributed by atoms with E-state index in [2.05, 4.69) is 0 Å². The molecule has 0 saturated heterocycles. The number of rotatable bonds is 1. The molecule has 2 nitrogen and oxygen atoms in total. The van der Waals surface area contributed by atoms with Crippen LogP contribution in [0.2, 0.25) is 0 Å². The van der Waals surface area contributed by atoms with E-state index in [0.29, 0.717) is 0 Å². The molecule has 1 aliphatic rings. The first kappa shape index (κ1) is 9.30. The van der Waals surface area contributed by atoms with Gasteiger partial charge in [0, 0.05) is 0 Å².